The zero-order valence-corrected chi connectivity index (χ0v) is 19.6. The van der Waals surface area contributed by atoms with Gasteiger partial charge in [-0.1, -0.05) is 36.7 Å². The Morgan fingerprint density at radius 1 is 1.15 bits per heavy atom. The monoisotopic (exact) mass is 465 g/mol. The molecule has 1 amide bonds. The van der Waals surface area contributed by atoms with Crippen molar-refractivity contribution in [3.63, 3.8) is 0 Å². The Hall–Kier alpha value is -3.65. The number of halogens is 1. The molecule has 0 fully saturated rings. The molecule has 0 aliphatic heterocycles. The van der Waals surface area contributed by atoms with E-state index in [1.54, 1.807) is 29.8 Å². The summed E-state index contributed by atoms with van der Waals surface area (Å²) in [6.45, 7) is 5.46. The van der Waals surface area contributed by atoms with Gasteiger partial charge in [-0.05, 0) is 50.6 Å². The van der Waals surface area contributed by atoms with Crippen molar-refractivity contribution in [2.45, 2.75) is 33.2 Å². The van der Waals surface area contributed by atoms with Crippen LogP contribution in [0, 0.1) is 13.8 Å². The molecule has 2 heterocycles. The maximum absolute atomic E-state index is 13.5. The normalized spacial score (nSPS) is 12.0. The number of aromatic nitrogens is 4. The minimum atomic E-state index is -0.805. The van der Waals surface area contributed by atoms with Crippen LogP contribution in [0.5, 0.6) is 5.75 Å². The first-order chi connectivity index (χ1) is 15.8. The molecule has 0 radical (unpaired) electrons. The van der Waals surface area contributed by atoms with Crippen LogP contribution in [0.2, 0.25) is 5.02 Å². The standard InChI is InChI=1S/C24H24ClN5O3/c1-5-19(23(31)26-16-11-12-20(33-4)18(25)13-16)30-24(32)21-15(3)29(17-9-7-6-8-10-17)28-22(21)14(2)27-30/h6-13,19H,5H2,1-4H3,(H,26,31). The van der Waals surface area contributed by atoms with Gasteiger partial charge in [0.15, 0.2) is 0 Å². The number of rotatable bonds is 6. The maximum atomic E-state index is 13.5. The number of methoxy groups -OCH3 is 1. The van der Waals surface area contributed by atoms with Crippen LogP contribution >= 0.6 is 11.6 Å². The molecule has 8 nitrogen and oxygen atoms in total. The van der Waals surface area contributed by atoms with Gasteiger partial charge in [-0.3, -0.25) is 9.59 Å². The molecule has 0 saturated heterocycles. The number of hydrogen-bond acceptors (Lipinski definition) is 5. The highest BCUT2D eigenvalue weighted by Gasteiger charge is 2.25. The number of amides is 1. The van der Waals surface area contributed by atoms with Crippen molar-refractivity contribution in [1.29, 1.82) is 0 Å². The highest BCUT2D eigenvalue weighted by molar-refractivity contribution is 6.32. The van der Waals surface area contributed by atoms with Crippen LogP contribution < -0.4 is 15.6 Å². The van der Waals surface area contributed by atoms with Crippen molar-refractivity contribution in [1.82, 2.24) is 19.6 Å². The second-order valence-corrected chi connectivity index (χ2v) is 8.06. The van der Waals surface area contributed by atoms with Crippen LogP contribution in [0.3, 0.4) is 0 Å². The first kappa shape index (κ1) is 22.5. The second-order valence-electron chi connectivity index (χ2n) is 7.65. The van der Waals surface area contributed by atoms with Gasteiger partial charge in [0.25, 0.3) is 5.56 Å². The lowest BCUT2D eigenvalue weighted by Gasteiger charge is -2.18. The molecule has 33 heavy (non-hydrogen) atoms. The molecule has 2 aromatic heterocycles. The quantitative estimate of drug-likeness (QED) is 0.454. The fourth-order valence-electron chi connectivity index (χ4n) is 3.85. The van der Waals surface area contributed by atoms with Crippen LogP contribution in [0.15, 0.2) is 53.3 Å². The van der Waals surface area contributed by atoms with Crippen LogP contribution in [-0.2, 0) is 4.79 Å². The van der Waals surface area contributed by atoms with E-state index in [2.05, 4.69) is 15.5 Å². The maximum Gasteiger partial charge on any atom is 0.278 e. The summed E-state index contributed by atoms with van der Waals surface area (Å²) in [5.74, 6) is 0.145. The highest BCUT2D eigenvalue weighted by Crippen LogP contribution is 2.28. The van der Waals surface area contributed by atoms with E-state index in [0.29, 0.717) is 45.2 Å². The third kappa shape index (κ3) is 4.09. The molecule has 1 unspecified atom stereocenters. The smallest absolute Gasteiger partial charge is 0.278 e. The van der Waals surface area contributed by atoms with E-state index in [1.807, 2.05) is 44.2 Å². The lowest BCUT2D eigenvalue weighted by molar-refractivity contribution is -0.119. The molecule has 0 bridgehead atoms. The topological polar surface area (TPSA) is 91.0 Å². The highest BCUT2D eigenvalue weighted by atomic mass is 35.5. The molecule has 4 aromatic rings. The van der Waals surface area contributed by atoms with Crippen LogP contribution in [0.25, 0.3) is 16.6 Å². The molecule has 170 valence electrons. The Balaban J connectivity index is 1.75. The summed E-state index contributed by atoms with van der Waals surface area (Å²) >= 11 is 6.17. The third-order valence-corrected chi connectivity index (χ3v) is 5.84. The average Bonchev–Trinajstić information content (AvgIpc) is 3.16. The number of anilines is 1. The largest absolute Gasteiger partial charge is 0.495 e. The van der Waals surface area contributed by atoms with Gasteiger partial charge in [-0.15, -0.1) is 0 Å². The van der Waals surface area contributed by atoms with E-state index in [-0.39, 0.29) is 11.5 Å². The van der Waals surface area contributed by atoms with Crippen molar-refractivity contribution < 1.29 is 9.53 Å². The molecule has 0 aliphatic rings. The number of aryl methyl sites for hydroxylation is 2. The number of nitrogens with one attached hydrogen (secondary N) is 1. The summed E-state index contributed by atoms with van der Waals surface area (Å²) in [4.78, 5) is 26.6. The number of carbonyl (C=O) groups is 1. The summed E-state index contributed by atoms with van der Waals surface area (Å²) < 4.78 is 8.13. The Bertz CT molecular complexity index is 1390. The number of hydrogen-bond donors (Lipinski definition) is 1. The van der Waals surface area contributed by atoms with Crippen molar-refractivity contribution in [2.24, 2.45) is 0 Å². The minimum absolute atomic E-state index is 0.356. The lowest BCUT2D eigenvalue weighted by atomic mass is 10.1. The van der Waals surface area contributed by atoms with Gasteiger partial charge >= 0.3 is 0 Å². The third-order valence-electron chi connectivity index (χ3n) is 5.54. The van der Waals surface area contributed by atoms with Crippen molar-refractivity contribution in [2.75, 3.05) is 12.4 Å². The minimum Gasteiger partial charge on any atom is -0.495 e. The van der Waals surface area contributed by atoms with Gasteiger partial charge < -0.3 is 10.1 Å². The molecule has 0 aliphatic carbocycles. The zero-order chi connectivity index (χ0) is 23.7. The number of fused-ring (bicyclic) bond motifs is 1. The number of nitrogens with zero attached hydrogens (tertiary/aromatic N) is 4. The fourth-order valence-corrected chi connectivity index (χ4v) is 4.11. The van der Waals surface area contributed by atoms with Crippen LogP contribution in [0.1, 0.15) is 30.8 Å². The van der Waals surface area contributed by atoms with Gasteiger partial charge in [0.05, 0.1) is 34.6 Å². The van der Waals surface area contributed by atoms with Gasteiger partial charge in [0.1, 0.15) is 17.3 Å². The molecular formula is C24H24ClN5O3. The molecule has 9 heteroatoms. The van der Waals surface area contributed by atoms with E-state index in [9.17, 15) is 9.59 Å². The molecule has 1 atom stereocenters. The Morgan fingerprint density at radius 3 is 2.52 bits per heavy atom. The summed E-state index contributed by atoms with van der Waals surface area (Å²) in [5, 5.41) is 12.7. The van der Waals surface area contributed by atoms with Crippen LogP contribution in [0.4, 0.5) is 5.69 Å². The molecule has 0 saturated carbocycles. The van der Waals surface area contributed by atoms with Crippen molar-refractivity contribution >= 4 is 34.1 Å². The van der Waals surface area contributed by atoms with E-state index in [1.165, 1.54) is 11.8 Å². The predicted octanol–water partition coefficient (Wildman–Crippen LogP) is 4.45. The van der Waals surface area contributed by atoms with Gasteiger partial charge in [0.2, 0.25) is 5.91 Å². The molecule has 2 aromatic carbocycles. The first-order valence-electron chi connectivity index (χ1n) is 10.5. The van der Waals surface area contributed by atoms with Crippen LogP contribution in [-0.4, -0.2) is 32.6 Å². The summed E-state index contributed by atoms with van der Waals surface area (Å²) in [6.07, 6.45) is 0.374. The average molecular weight is 466 g/mol. The number of ether oxygens (including phenoxy) is 1. The Labute approximate surface area is 195 Å². The van der Waals surface area contributed by atoms with Crippen molar-refractivity contribution in [3.05, 3.63) is 75.3 Å². The molecule has 4 rings (SSSR count). The van der Waals surface area contributed by atoms with E-state index in [0.717, 1.165) is 5.69 Å². The first-order valence-corrected chi connectivity index (χ1v) is 10.9. The lowest BCUT2D eigenvalue weighted by Crippen LogP contribution is -2.35. The van der Waals surface area contributed by atoms with Crippen molar-refractivity contribution in [3.8, 4) is 11.4 Å². The number of para-hydroxylation sites is 1. The SMILES string of the molecule is CCC(C(=O)Nc1ccc(OC)c(Cl)c1)n1nc(C)c2nn(-c3ccccc3)c(C)c2c1=O. The Kier molecular flexibility index (Phi) is 6.20. The number of carbonyl (C=O) groups excluding carboxylic acids is 1. The van der Waals surface area contributed by atoms with E-state index < -0.39 is 6.04 Å². The van der Waals surface area contributed by atoms with E-state index >= 15 is 0 Å². The van der Waals surface area contributed by atoms with Gasteiger partial charge in [0, 0.05) is 5.69 Å². The Morgan fingerprint density at radius 2 is 1.88 bits per heavy atom. The summed E-state index contributed by atoms with van der Waals surface area (Å²) in [7, 11) is 1.52. The molecular weight excluding hydrogens is 442 g/mol. The molecule has 0 spiro atoms. The summed E-state index contributed by atoms with van der Waals surface area (Å²) in [6, 6.07) is 13.7. The van der Waals surface area contributed by atoms with Gasteiger partial charge in [-0.2, -0.15) is 10.2 Å². The van der Waals surface area contributed by atoms with E-state index in [4.69, 9.17) is 16.3 Å². The number of benzene rings is 2. The predicted molar refractivity (Wildman–Crippen MR) is 129 cm³/mol. The fraction of sp³-hybridized carbons (Fsp3) is 0.250. The second kappa shape index (κ2) is 9.07. The van der Waals surface area contributed by atoms with Gasteiger partial charge in [-0.25, -0.2) is 9.36 Å². The summed E-state index contributed by atoms with van der Waals surface area (Å²) in [5.41, 5.74) is 2.78. The molecule has 1 N–H and O–H groups in total. The zero-order valence-electron chi connectivity index (χ0n) is 18.8.